The van der Waals surface area contributed by atoms with Gasteiger partial charge in [0.2, 0.25) is 21.8 Å². The number of sulfonamides is 1. The van der Waals surface area contributed by atoms with E-state index in [1.54, 1.807) is 29.2 Å². The first kappa shape index (κ1) is 29.6. The third kappa shape index (κ3) is 8.82. The lowest BCUT2D eigenvalue weighted by atomic mass is 10.0. The van der Waals surface area contributed by atoms with E-state index < -0.39 is 21.6 Å². The minimum absolute atomic E-state index is 0.0849. The van der Waals surface area contributed by atoms with Crippen LogP contribution in [0.1, 0.15) is 58.1 Å². The van der Waals surface area contributed by atoms with Gasteiger partial charge in [-0.05, 0) is 69.9 Å². The summed E-state index contributed by atoms with van der Waals surface area (Å²) in [6.07, 6.45) is 1.97. The molecule has 0 aliphatic rings. The molecule has 0 bridgehead atoms. The predicted octanol–water partition coefficient (Wildman–Crippen LogP) is 4.92. The van der Waals surface area contributed by atoms with Crippen molar-refractivity contribution in [3.05, 3.63) is 64.7 Å². The molecule has 0 saturated carbocycles. The molecule has 2 rings (SSSR count). The second-order valence-corrected chi connectivity index (χ2v) is 12.4. The number of nitrogens with one attached hydrogen (secondary N) is 1. The van der Waals surface area contributed by atoms with Crippen molar-refractivity contribution < 1.29 is 18.0 Å². The van der Waals surface area contributed by atoms with Gasteiger partial charge in [0.1, 0.15) is 6.04 Å². The SMILES string of the molecule is CCC(C(=O)NC(C)(C)C)N(Cc1ccccc1Cl)C(=O)CCCN(c1cccc(C)c1)S(C)(=O)=O. The molecule has 9 heteroatoms. The van der Waals surface area contributed by atoms with Gasteiger partial charge < -0.3 is 10.2 Å². The second kappa shape index (κ2) is 12.6. The third-order valence-corrected chi connectivity index (χ3v) is 7.19. The maximum atomic E-state index is 13.5. The van der Waals surface area contributed by atoms with Crippen molar-refractivity contribution in [3.8, 4) is 0 Å². The molecule has 0 radical (unpaired) electrons. The first-order valence-corrected chi connectivity index (χ1v) is 14.3. The number of carbonyl (C=O) groups is 2. The summed E-state index contributed by atoms with van der Waals surface area (Å²) in [6.45, 7) is 9.77. The van der Waals surface area contributed by atoms with Crippen molar-refractivity contribution in [2.24, 2.45) is 0 Å². The number of carbonyl (C=O) groups excluding carboxylic acids is 2. The van der Waals surface area contributed by atoms with Crippen LogP contribution in [0.5, 0.6) is 0 Å². The molecule has 0 heterocycles. The van der Waals surface area contributed by atoms with E-state index in [9.17, 15) is 18.0 Å². The van der Waals surface area contributed by atoms with E-state index in [2.05, 4.69) is 5.32 Å². The molecule has 2 aromatic carbocycles. The van der Waals surface area contributed by atoms with Crippen LogP contribution in [0.25, 0.3) is 0 Å². The Kier molecular flexibility index (Phi) is 10.4. The van der Waals surface area contributed by atoms with E-state index in [1.807, 2.05) is 58.9 Å². The van der Waals surface area contributed by atoms with Crippen molar-refractivity contribution in [2.45, 2.75) is 72.0 Å². The van der Waals surface area contributed by atoms with E-state index in [0.29, 0.717) is 23.6 Å². The zero-order valence-corrected chi connectivity index (χ0v) is 23.6. The van der Waals surface area contributed by atoms with Crippen LogP contribution >= 0.6 is 11.6 Å². The van der Waals surface area contributed by atoms with Crippen molar-refractivity contribution >= 4 is 39.1 Å². The predicted molar refractivity (Wildman–Crippen MR) is 147 cm³/mol. The number of rotatable bonds is 11. The average Bonchev–Trinajstić information content (AvgIpc) is 2.75. The fourth-order valence-corrected chi connectivity index (χ4v) is 5.12. The molecular weight excluding hydrogens is 498 g/mol. The van der Waals surface area contributed by atoms with Gasteiger partial charge >= 0.3 is 0 Å². The number of hydrogen-bond donors (Lipinski definition) is 1. The van der Waals surface area contributed by atoms with Gasteiger partial charge in [-0.15, -0.1) is 0 Å². The largest absolute Gasteiger partial charge is 0.350 e. The summed E-state index contributed by atoms with van der Waals surface area (Å²) in [7, 11) is -3.53. The number of hydrogen-bond acceptors (Lipinski definition) is 4. The van der Waals surface area contributed by atoms with E-state index in [0.717, 1.165) is 17.4 Å². The molecule has 2 aromatic rings. The van der Waals surface area contributed by atoms with Gasteiger partial charge in [-0.1, -0.05) is 48.9 Å². The molecule has 2 amide bonds. The van der Waals surface area contributed by atoms with Crippen LogP contribution in [-0.4, -0.2) is 49.5 Å². The fourth-order valence-electron chi connectivity index (χ4n) is 3.97. The average molecular weight is 536 g/mol. The number of nitrogens with zero attached hydrogens (tertiary/aromatic N) is 2. The summed E-state index contributed by atoms with van der Waals surface area (Å²) in [5, 5.41) is 3.49. The number of benzene rings is 2. The Labute approximate surface area is 220 Å². The normalized spacial score (nSPS) is 12.6. The Bertz CT molecular complexity index is 1160. The lowest BCUT2D eigenvalue weighted by Crippen LogP contribution is -2.53. The highest BCUT2D eigenvalue weighted by molar-refractivity contribution is 7.92. The number of amides is 2. The Hall–Kier alpha value is -2.58. The third-order valence-electron chi connectivity index (χ3n) is 5.62. The van der Waals surface area contributed by atoms with Gasteiger partial charge in [0, 0.05) is 30.1 Å². The maximum absolute atomic E-state index is 13.5. The van der Waals surface area contributed by atoms with Gasteiger partial charge in [0.25, 0.3) is 0 Å². The van der Waals surface area contributed by atoms with Gasteiger partial charge in [0.15, 0.2) is 0 Å². The molecule has 1 atom stereocenters. The van der Waals surface area contributed by atoms with Gasteiger partial charge in [-0.3, -0.25) is 13.9 Å². The molecule has 0 aliphatic heterocycles. The summed E-state index contributed by atoms with van der Waals surface area (Å²) in [5.41, 5.74) is 1.80. The molecule has 0 aliphatic carbocycles. The highest BCUT2D eigenvalue weighted by Crippen LogP contribution is 2.23. The van der Waals surface area contributed by atoms with Crippen LogP contribution in [0.15, 0.2) is 48.5 Å². The molecule has 36 heavy (non-hydrogen) atoms. The van der Waals surface area contributed by atoms with Crippen molar-refractivity contribution in [1.29, 1.82) is 0 Å². The summed E-state index contributed by atoms with van der Waals surface area (Å²) in [5.74, 6) is -0.466. The number of anilines is 1. The van der Waals surface area contributed by atoms with Gasteiger partial charge in [0.05, 0.1) is 11.9 Å². The second-order valence-electron chi connectivity index (χ2n) is 10.1. The van der Waals surface area contributed by atoms with Crippen LogP contribution in [0.4, 0.5) is 5.69 Å². The molecule has 1 N–H and O–H groups in total. The first-order chi connectivity index (χ1) is 16.7. The highest BCUT2D eigenvalue weighted by atomic mass is 35.5. The first-order valence-electron chi connectivity index (χ1n) is 12.1. The summed E-state index contributed by atoms with van der Waals surface area (Å²) in [4.78, 5) is 28.2. The molecular formula is C27H38ClN3O4S. The minimum Gasteiger partial charge on any atom is -0.350 e. The molecule has 0 fully saturated rings. The van der Waals surface area contributed by atoms with Gasteiger partial charge in [-0.25, -0.2) is 8.42 Å². The summed E-state index contributed by atoms with van der Waals surface area (Å²) >= 11 is 6.37. The Balaban J connectivity index is 2.25. The van der Waals surface area contributed by atoms with Crippen LogP contribution in [0, 0.1) is 6.92 Å². The van der Waals surface area contributed by atoms with Crippen molar-refractivity contribution in [2.75, 3.05) is 17.1 Å². The molecule has 0 spiro atoms. The van der Waals surface area contributed by atoms with Crippen LogP contribution in [-0.2, 0) is 26.2 Å². The molecule has 198 valence electrons. The van der Waals surface area contributed by atoms with Gasteiger partial charge in [-0.2, -0.15) is 0 Å². The van der Waals surface area contributed by atoms with E-state index >= 15 is 0 Å². The Morgan fingerprint density at radius 2 is 1.75 bits per heavy atom. The standard InChI is InChI=1S/C27H38ClN3O4S/c1-7-24(26(33)29-27(3,4)5)30(19-21-13-8-9-15-23(21)28)25(32)16-11-17-31(36(6,34)35)22-14-10-12-20(2)18-22/h8-10,12-15,18,24H,7,11,16-17,19H2,1-6H3,(H,29,33). The Morgan fingerprint density at radius 3 is 2.31 bits per heavy atom. The van der Waals surface area contributed by atoms with Crippen LogP contribution < -0.4 is 9.62 Å². The maximum Gasteiger partial charge on any atom is 0.243 e. The lowest BCUT2D eigenvalue weighted by Gasteiger charge is -2.33. The molecule has 1 unspecified atom stereocenters. The van der Waals surface area contributed by atoms with E-state index in [-0.39, 0.29) is 31.3 Å². The van der Waals surface area contributed by atoms with E-state index in [1.165, 1.54) is 4.31 Å². The fraction of sp³-hybridized carbons (Fsp3) is 0.481. The smallest absolute Gasteiger partial charge is 0.243 e. The summed E-state index contributed by atoms with van der Waals surface area (Å²) in [6, 6.07) is 13.8. The quantitative estimate of drug-likeness (QED) is 0.442. The zero-order chi connectivity index (χ0) is 27.1. The van der Waals surface area contributed by atoms with Crippen LogP contribution in [0.2, 0.25) is 5.02 Å². The summed E-state index contributed by atoms with van der Waals surface area (Å²) < 4.78 is 26.3. The topological polar surface area (TPSA) is 86.8 Å². The van der Waals surface area contributed by atoms with Crippen molar-refractivity contribution in [3.63, 3.8) is 0 Å². The monoisotopic (exact) mass is 535 g/mol. The molecule has 0 aromatic heterocycles. The molecule has 7 nitrogen and oxygen atoms in total. The van der Waals surface area contributed by atoms with Crippen molar-refractivity contribution in [1.82, 2.24) is 10.2 Å². The number of halogens is 1. The van der Waals surface area contributed by atoms with Crippen LogP contribution in [0.3, 0.4) is 0 Å². The minimum atomic E-state index is -3.53. The zero-order valence-electron chi connectivity index (χ0n) is 22.0. The highest BCUT2D eigenvalue weighted by Gasteiger charge is 2.31. The molecule has 0 saturated heterocycles. The Morgan fingerprint density at radius 1 is 1.08 bits per heavy atom. The van der Waals surface area contributed by atoms with E-state index in [4.69, 9.17) is 11.6 Å². The number of aryl methyl sites for hydroxylation is 1. The lowest BCUT2D eigenvalue weighted by molar-refractivity contribution is -0.142.